The van der Waals surface area contributed by atoms with Crippen molar-refractivity contribution < 1.29 is 0 Å². The van der Waals surface area contributed by atoms with Gasteiger partial charge in [-0.2, -0.15) is 10.5 Å². The Bertz CT molecular complexity index is 636. The van der Waals surface area contributed by atoms with Crippen molar-refractivity contribution in [1.29, 1.82) is 15.9 Å². The molecular formula is C15H14N4S. The highest BCUT2D eigenvalue weighted by Gasteiger charge is 2.39. The lowest BCUT2D eigenvalue weighted by Crippen LogP contribution is -2.31. The van der Waals surface area contributed by atoms with Gasteiger partial charge in [0.05, 0.1) is 27.8 Å². The minimum Gasteiger partial charge on any atom is -0.392 e. The van der Waals surface area contributed by atoms with Gasteiger partial charge in [-0.15, -0.1) is 0 Å². The average molecular weight is 282 g/mol. The SMILES string of the molecule is C[C@@H](c1ccccc1)[C@H]1C(C#N)=C(N)SC(=N)[C@H]1C#N. The van der Waals surface area contributed by atoms with Crippen LogP contribution in [0, 0.1) is 39.9 Å². The van der Waals surface area contributed by atoms with Gasteiger partial charge in [-0.25, -0.2) is 0 Å². The highest BCUT2D eigenvalue weighted by molar-refractivity contribution is 8.17. The van der Waals surface area contributed by atoms with Gasteiger partial charge in [-0.1, -0.05) is 49.0 Å². The Balaban J connectivity index is 2.50. The number of nitrogens with zero attached hydrogens (tertiary/aromatic N) is 2. The molecule has 0 saturated heterocycles. The summed E-state index contributed by atoms with van der Waals surface area (Å²) >= 11 is 1.02. The lowest BCUT2D eigenvalue weighted by atomic mass is 9.75. The van der Waals surface area contributed by atoms with Crippen LogP contribution in [0.2, 0.25) is 0 Å². The summed E-state index contributed by atoms with van der Waals surface area (Å²) in [5.41, 5.74) is 7.34. The lowest BCUT2D eigenvalue weighted by molar-refractivity contribution is 0.480. The molecule has 0 radical (unpaired) electrons. The molecule has 0 spiro atoms. The monoisotopic (exact) mass is 282 g/mol. The Labute approximate surface area is 122 Å². The third-order valence-electron chi connectivity index (χ3n) is 3.58. The van der Waals surface area contributed by atoms with Crippen LogP contribution in [0.4, 0.5) is 0 Å². The number of nitrogens with two attached hydrogens (primary N) is 1. The zero-order valence-corrected chi connectivity index (χ0v) is 11.8. The van der Waals surface area contributed by atoms with Gasteiger partial charge in [-0.05, 0) is 11.5 Å². The number of nitrogens with one attached hydrogen (secondary N) is 1. The molecule has 0 bridgehead atoms. The molecular weight excluding hydrogens is 268 g/mol. The second-order valence-electron chi connectivity index (χ2n) is 4.69. The van der Waals surface area contributed by atoms with Crippen LogP contribution in [0.5, 0.6) is 0 Å². The molecule has 0 aliphatic carbocycles. The standard InChI is InChI=1S/C15H14N4S/c1-9(10-5-3-2-4-6-10)13-11(7-16)14(18)20-15(19)12(13)8-17/h2-6,9,11,13,18H,19H2,1H3/t9-,11-,13+/m0/s1. The van der Waals surface area contributed by atoms with E-state index in [-0.39, 0.29) is 16.9 Å². The van der Waals surface area contributed by atoms with E-state index in [9.17, 15) is 10.5 Å². The fourth-order valence-corrected chi connectivity index (χ4v) is 3.36. The van der Waals surface area contributed by atoms with Crippen molar-refractivity contribution >= 4 is 16.8 Å². The summed E-state index contributed by atoms with van der Waals surface area (Å²) in [6, 6.07) is 14.0. The number of allylic oxidation sites excluding steroid dienone is 1. The number of nitriles is 2. The topological polar surface area (TPSA) is 97.4 Å². The number of hydrogen-bond acceptors (Lipinski definition) is 5. The van der Waals surface area contributed by atoms with E-state index in [4.69, 9.17) is 11.1 Å². The Hall–Kier alpha value is -2.24. The van der Waals surface area contributed by atoms with Gasteiger partial charge in [-0.3, -0.25) is 5.41 Å². The maximum Gasteiger partial charge on any atom is 0.102 e. The van der Waals surface area contributed by atoms with E-state index in [1.165, 1.54) is 0 Å². The van der Waals surface area contributed by atoms with Gasteiger partial charge in [0.2, 0.25) is 0 Å². The van der Waals surface area contributed by atoms with Crippen molar-refractivity contribution in [2.45, 2.75) is 12.8 Å². The molecule has 0 amide bonds. The third kappa shape index (κ3) is 2.41. The first-order valence-electron chi connectivity index (χ1n) is 6.20. The fourth-order valence-electron chi connectivity index (χ4n) is 2.50. The van der Waals surface area contributed by atoms with Crippen molar-refractivity contribution in [3.63, 3.8) is 0 Å². The van der Waals surface area contributed by atoms with E-state index in [1.54, 1.807) is 0 Å². The first kappa shape index (κ1) is 14.2. The number of rotatable bonds is 2. The van der Waals surface area contributed by atoms with Crippen molar-refractivity contribution in [2.75, 3.05) is 0 Å². The van der Waals surface area contributed by atoms with Gasteiger partial charge in [0.15, 0.2) is 0 Å². The van der Waals surface area contributed by atoms with Crippen molar-refractivity contribution in [1.82, 2.24) is 0 Å². The fraction of sp³-hybridized carbons (Fsp3) is 0.267. The molecule has 0 fully saturated rings. The van der Waals surface area contributed by atoms with Crippen molar-refractivity contribution in [3.8, 4) is 12.1 Å². The van der Waals surface area contributed by atoms with E-state index in [0.717, 1.165) is 17.3 Å². The molecule has 1 aromatic carbocycles. The van der Waals surface area contributed by atoms with E-state index in [1.807, 2.05) is 37.3 Å². The molecule has 1 aliphatic heterocycles. The van der Waals surface area contributed by atoms with Crippen LogP contribution in [0.15, 0.2) is 40.9 Å². The largest absolute Gasteiger partial charge is 0.392 e. The molecule has 4 nitrogen and oxygen atoms in total. The van der Waals surface area contributed by atoms with Crippen molar-refractivity contribution in [2.24, 2.45) is 17.6 Å². The molecule has 20 heavy (non-hydrogen) atoms. The molecule has 2 rings (SSSR count). The average Bonchev–Trinajstić information content (AvgIpc) is 2.46. The summed E-state index contributed by atoms with van der Waals surface area (Å²) in [5, 5.41) is 27.2. The second-order valence-corrected chi connectivity index (χ2v) is 5.77. The van der Waals surface area contributed by atoms with Crippen LogP contribution in [0.1, 0.15) is 18.4 Å². The summed E-state index contributed by atoms with van der Waals surface area (Å²) in [6.07, 6.45) is 0. The lowest BCUT2D eigenvalue weighted by Gasteiger charge is -2.32. The molecule has 0 saturated carbocycles. The van der Waals surface area contributed by atoms with E-state index in [2.05, 4.69) is 12.1 Å². The van der Waals surface area contributed by atoms with Gasteiger partial charge in [0, 0.05) is 5.92 Å². The molecule has 0 aromatic heterocycles. The minimum atomic E-state index is -0.614. The Morgan fingerprint density at radius 3 is 2.50 bits per heavy atom. The summed E-state index contributed by atoms with van der Waals surface area (Å²) < 4.78 is 0. The molecule has 5 heteroatoms. The third-order valence-corrected chi connectivity index (χ3v) is 4.50. The summed E-state index contributed by atoms with van der Waals surface area (Å²) in [6.45, 7) is 1.97. The Kier molecular flexibility index (Phi) is 4.12. The molecule has 1 heterocycles. The highest BCUT2D eigenvalue weighted by Crippen LogP contribution is 2.43. The van der Waals surface area contributed by atoms with Crippen LogP contribution in [-0.4, -0.2) is 5.04 Å². The first-order chi connectivity index (χ1) is 9.60. The number of benzene rings is 1. The molecule has 1 aliphatic rings. The van der Waals surface area contributed by atoms with Gasteiger partial charge in [0.1, 0.15) is 5.92 Å². The Morgan fingerprint density at radius 1 is 1.30 bits per heavy atom. The predicted molar refractivity (Wildman–Crippen MR) is 79.6 cm³/mol. The maximum absolute atomic E-state index is 9.35. The van der Waals surface area contributed by atoms with Crippen LogP contribution in [-0.2, 0) is 0 Å². The molecule has 100 valence electrons. The van der Waals surface area contributed by atoms with E-state index >= 15 is 0 Å². The first-order valence-corrected chi connectivity index (χ1v) is 7.02. The Morgan fingerprint density at radius 2 is 1.95 bits per heavy atom. The normalized spacial score (nSPS) is 23.9. The molecule has 3 atom stereocenters. The number of thioether (sulfide) groups is 1. The zero-order chi connectivity index (χ0) is 14.7. The van der Waals surface area contributed by atoms with Gasteiger partial charge in [0.25, 0.3) is 0 Å². The number of hydrogen-bond donors (Lipinski definition) is 2. The highest BCUT2D eigenvalue weighted by atomic mass is 32.2. The molecule has 1 aromatic rings. The second kappa shape index (κ2) is 5.81. The van der Waals surface area contributed by atoms with Crippen LogP contribution in [0.3, 0.4) is 0 Å². The minimum absolute atomic E-state index is 0.0460. The zero-order valence-electron chi connectivity index (χ0n) is 11.0. The summed E-state index contributed by atoms with van der Waals surface area (Å²) in [7, 11) is 0. The van der Waals surface area contributed by atoms with E-state index < -0.39 is 5.92 Å². The molecule has 0 unspecified atom stereocenters. The van der Waals surface area contributed by atoms with Crippen LogP contribution < -0.4 is 5.73 Å². The predicted octanol–water partition coefficient (Wildman–Crippen LogP) is 2.96. The van der Waals surface area contributed by atoms with Gasteiger partial charge >= 0.3 is 0 Å². The van der Waals surface area contributed by atoms with E-state index in [0.29, 0.717) is 10.6 Å². The summed E-state index contributed by atoms with van der Waals surface area (Å²) in [4.78, 5) is 0. The molecule has 3 N–H and O–H groups in total. The smallest absolute Gasteiger partial charge is 0.102 e. The van der Waals surface area contributed by atoms with Gasteiger partial charge < -0.3 is 5.73 Å². The maximum atomic E-state index is 9.35. The van der Waals surface area contributed by atoms with Crippen LogP contribution >= 0.6 is 11.8 Å². The summed E-state index contributed by atoms with van der Waals surface area (Å²) in [5.74, 6) is -1.02. The van der Waals surface area contributed by atoms with Crippen molar-refractivity contribution in [3.05, 3.63) is 46.5 Å². The van der Waals surface area contributed by atoms with Crippen LogP contribution in [0.25, 0.3) is 0 Å². The quantitative estimate of drug-likeness (QED) is 0.871.